The highest BCUT2D eigenvalue weighted by Gasteiger charge is 2.16. The molecule has 4 nitrogen and oxygen atoms in total. The van der Waals surface area contributed by atoms with E-state index in [0.29, 0.717) is 11.3 Å². The van der Waals surface area contributed by atoms with Gasteiger partial charge in [-0.05, 0) is 48.4 Å². The number of thiophene rings is 1. The fraction of sp³-hybridized carbons (Fsp3) is 0.333. The first-order chi connectivity index (χ1) is 11.2. The lowest BCUT2D eigenvalue weighted by molar-refractivity contribution is -0.131. The molecule has 0 unspecified atom stereocenters. The van der Waals surface area contributed by atoms with Crippen molar-refractivity contribution in [2.24, 2.45) is 0 Å². The number of rotatable bonds is 4. The van der Waals surface area contributed by atoms with Crippen LogP contribution in [0.2, 0.25) is 0 Å². The summed E-state index contributed by atoms with van der Waals surface area (Å²) in [6.45, 7) is 1.77. The maximum atomic E-state index is 12.2. The smallest absolute Gasteiger partial charge is 0.265 e. The normalized spacial score (nSPS) is 14.5. The molecule has 0 saturated carbocycles. The predicted molar refractivity (Wildman–Crippen MR) is 92.8 cm³/mol. The molecule has 1 N–H and O–H groups in total. The van der Waals surface area contributed by atoms with Crippen LogP contribution in [-0.2, 0) is 11.2 Å². The van der Waals surface area contributed by atoms with Crippen LogP contribution in [0.15, 0.2) is 41.8 Å². The van der Waals surface area contributed by atoms with Crippen molar-refractivity contribution in [3.63, 3.8) is 0 Å². The quantitative estimate of drug-likeness (QED) is 0.933. The number of amides is 2. The van der Waals surface area contributed by atoms with E-state index in [9.17, 15) is 9.59 Å². The molecule has 2 amide bonds. The summed E-state index contributed by atoms with van der Waals surface area (Å²) < 4.78 is 0. The van der Waals surface area contributed by atoms with E-state index in [0.717, 1.165) is 37.2 Å². The van der Waals surface area contributed by atoms with Crippen LogP contribution >= 0.6 is 11.3 Å². The summed E-state index contributed by atoms with van der Waals surface area (Å²) in [6.07, 6.45) is 3.88. The second kappa shape index (κ2) is 7.42. The van der Waals surface area contributed by atoms with E-state index < -0.39 is 0 Å². The van der Waals surface area contributed by atoms with Crippen LogP contribution in [0.1, 0.15) is 34.5 Å². The largest absolute Gasteiger partial charge is 0.342 e. The second-order valence-electron chi connectivity index (χ2n) is 5.75. The van der Waals surface area contributed by atoms with Gasteiger partial charge in [-0.15, -0.1) is 11.3 Å². The van der Waals surface area contributed by atoms with Crippen LogP contribution in [0, 0.1) is 0 Å². The van der Waals surface area contributed by atoms with E-state index in [4.69, 9.17) is 0 Å². The SMILES string of the molecule is O=C(Nc1ccc(CC(=O)N2CCCCC2)cc1)c1cccs1. The number of hydrogen-bond donors (Lipinski definition) is 1. The summed E-state index contributed by atoms with van der Waals surface area (Å²) in [5, 5.41) is 4.74. The van der Waals surface area contributed by atoms with Crippen molar-refractivity contribution in [3.8, 4) is 0 Å². The predicted octanol–water partition coefficient (Wildman–Crippen LogP) is 3.56. The van der Waals surface area contributed by atoms with Crippen LogP contribution < -0.4 is 5.32 Å². The first-order valence-electron chi connectivity index (χ1n) is 7.94. The lowest BCUT2D eigenvalue weighted by Crippen LogP contribution is -2.36. The summed E-state index contributed by atoms with van der Waals surface area (Å²) in [4.78, 5) is 26.9. The van der Waals surface area contributed by atoms with Gasteiger partial charge in [0.15, 0.2) is 0 Å². The van der Waals surface area contributed by atoms with Gasteiger partial charge in [-0.25, -0.2) is 0 Å². The van der Waals surface area contributed by atoms with Gasteiger partial charge in [0.2, 0.25) is 5.91 Å². The van der Waals surface area contributed by atoms with Crippen molar-refractivity contribution in [1.82, 2.24) is 4.90 Å². The lowest BCUT2D eigenvalue weighted by atomic mass is 10.1. The average molecular weight is 328 g/mol. The molecular weight excluding hydrogens is 308 g/mol. The first kappa shape index (κ1) is 15.7. The van der Waals surface area contributed by atoms with Crippen LogP contribution in [0.3, 0.4) is 0 Å². The van der Waals surface area contributed by atoms with Gasteiger partial charge in [-0.1, -0.05) is 18.2 Å². The molecule has 1 saturated heterocycles. The molecule has 0 aliphatic carbocycles. The van der Waals surface area contributed by atoms with Crippen molar-refractivity contribution in [3.05, 3.63) is 52.2 Å². The van der Waals surface area contributed by atoms with Gasteiger partial charge >= 0.3 is 0 Å². The van der Waals surface area contributed by atoms with Gasteiger partial charge in [-0.2, -0.15) is 0 Å². The van der Waals surface area contributed by atoms with Gasteiger partial charge in [0.25, 0.3) is 5.91 Å². The first-order valence-corrected chi connectivity index (χ1v) is 8.82. The van der Waals surface area contributed by atoms with Gasteiger partial charge in [-0.3, -0.25) is 9.59 Å². The molecule has 5 heteroatoms. The highest BCUT2D eigenvalue weighted by Crippen LogP contribution is 2.16. The number of benzene rings is 1. The van der Waals surface area contributed by atoms with Crippen molar-refractivity contribution in [1.29, 1.82) is 0 Å². The van der Waals surface area contributed by atoms with E-state index >= 15 is 0 Å². The summed E-state index contributed by atoms with van der Waals surface area (Å²) in [5.41, 5.74) is 1.73. The lowest BCUT2D eigenvalue weighted by Gasteiger charge is -2.26. The molecule has 1 aromatic carbocycles. The summed E-state index contributed by atoms with van der Waals surface area (Å²) >= 11 is 1.42. The number of nitrogens with one attached hydrogen (secondary N) is 1. The molecular formula is C18H20N2O2S. The molecule has 0 spiro atoms. The highest BCUT2D eigenvalue weighted by molar-refractivity contribution is 7.12. The fourth-order valence-corrected chi connectivity index (χ4v) is 3.36. The minimum absolute atomic E-state index is 0.0999. The molecule has 0 atom stereocenters. The van der Waals surface area contributed by atoms with Crippen molar-refractivity contribution < 1.29 is 9.59 Å². The number of nitrogens with zero attached hydrogens (tertiary/aromatic N) is 1. The Balaban J connectivity index is 1.56. The Hall–Kier alpha value is -2.14. The number of carbonyl (C=O) groups is 2. The maximum Gasteiger partial charge on any atom is 0.265 e. The molecule has 2 aromatic rings. The van der Waals surface area contributed by atoms with Gasteiger partial charge < -0.3 is 10.2 Å². The molecule has 0 radical (unpaired) electrons. The molecule has 0 bridgehead atoms. The van der Waals surface area contributed by atoms with E-state index in [1.807, 2.05) is 40.6 Å². The zero-order valence-corrected chi connectivity index (χ0v) is 13.8. The fourth-order valence-electron chi connectivity index (χ4n) is 2.74. The number of carbonyl (C=O) groups excluding carboxylic acids is 2. The molecule has 1 aliphatic rings. The molecule has 120 valence electrons. The van der Waals surface area contributed by atoms with Crippen molar-refractivity contribution >= 4 is 28.8 Å². The number of anilines is 1. The zero-order chi connectivity index (χ0) is 16.1. The van der Waals surface area contributed by atoms with Crippen molar-refractivity contribution in [2.45, 2.75) is 25.7 Å². The second-order valence-corrected chi connectivity index (χ2v) is 6.69. The monoisotopic (exact) mass is 328 g/mol. The minimum atomic E-state index is -0.0999. The number of hydrogen-bond acceptors (Lipinski definition) is 3. The van der Waals surface area contributed by atoms with Gasteiger partial charge in [0, 0.05) is 18.8 Å². The topological polar surface area (TPSA) is 49.4 Å². The van der Waals surface area contributed by atoms with E-state index in [2.05, 4.69) is 5.32 Å². The standard InChI is InChI=1S/C18H20N2O2S/c21-17(20-10-2-1-3-11-20)13-14-6-8-15(9-7-14)19-18(22)16-5-4-12-23-16/h4-9,12H,1-3,10-11,13H2,(H,19,22). The van der Waals surface area contributed by atoms with E-state index in [1.54, 1.807) is 6.07 Å². The number of likely N-dealkylation sites (tertiary alicyclic amines) is 1. The summed E-state index contributed by atoms with van der Waals surface area (Å²) in [7, 11) is 0. The van der Waals surface area contributed by atoms with Crippen molar-refractivity contribution in [2.75, 3.05) is 18.4 Å². The summed E-state index contributed by atoms with van der Waals surface area (Å²) in [6, 6.07) is 11.2. The molecule has 3 rings (SSSR count). The highest BCUT2D eigenvalue weighted by atomic mass is 32.1. The minimum Gasteiger partial charge on any atom is -0.342 e. The Kier molecular flexibility index (Phi) is 5.08. The number of piperidine rings is 1. The Morgan fingerprint density at radius 1 is 1.04 bits per heavy atom. The Bertz CT molecular complexity index is 659. The van der Waals surface area contributed by atoms with Crippen LogP contribution in [0.5, 0.6) is 0 Å². The Morgan fingerprint density at radius 2 is 1.78 bits per heavy atom. The average Bonchev–Trinajstić information content (AvgIpc) is 3.12. The molecule has 1 aromatic heterocycles. The van der Waals surface area contributed by atoms with Gasteiger partial charge in [0.1, 0.15) is 0 Å². The maximum absolute atomic E-state index is 12.2. The molecule has 23 heavy (non-hydrogen) atoms. The molecule has 1 fully saturated rings. The van der Waals surface area contributed by atoms with Crippen LogP contribution in [0.25, 0.3) is 0 Å². The Morgan fingerprint density at radius 3 is 2.43 bits per heavy atom. The van der Waals surface area contributed by atoms with E-state index in [1.165, 1.54) is 17.8 Å². The third-order valence-electron chi connectivity index (χ3n) is 4.02. The molecule has 1 aliphatic heterocycles. The zero-order valence-electron chi connectivity index (χ0n) is 13.0. The molecule has 2 heterocycles. The summed E-state index contributed by atoms with van der Waals surface area (Å²) in [5.74, 6) is 0.0946. The van der Waals surface area contributed by atoms with Crippen LogP contribution in [0.4, 0.5) is 5.69 Å². The third kappa shape index (κ3) is 4.20. The van der Waals surface area contributed by atoms with Gasteiger partial charge in [0.05, 0.1) is 11.3 Å². The van der Waals surface area contributed by atoms with Crippen LogP contribution in [-0.4, -0.2) is 29.8 Å². The van der Waals surface area contributed by atoms with E-state index in [-0.39, 0.29) is 11.8 Å². The Labute approximate surface area is 140 Å². The third-order valence-corrected chi connectivity index (χ3v) is 4.89.